The summed E-state index contributed by atoms with van der Waals surface area (Å²) >= 11 is 6.10. The second kappa shape index (κ2) is 8.12. The maximum absolute atomic E-state index is 12.9. The lowest BCUT2D eigenvalue weighted by Crippen LogP contribution is -2.28. The molecule has 3 atom stereocenters. The first-order chi connectivity index (χ1) is 13.5. The Bertz CT molecular complexity index is 928. The second-order valence-corrected chi connectivity index (χ2v) is 10.7. The molecule has 0 bridgehead atoms. The van der Waals surface area contributed by atoms with Crippen molar-refractivity contribution >= 4 is 36.3 Å². The minimum atomic E-state index is -3.98. The normalized spacial score (nSPS) is 24.0. The van der Waals surface area contributed by atoms with Gasteiger partial charge in [-0.3, -0.25) is 4.57 Å². The Balaban J connectivity index is 1.82. The molecule has 9 nitrogen and oxygen atoms in total. The van der Waals surface area contributed by atoms with Crippen LogP contribution in [0.4, 0.5) is 5.95 Å². The van der Waals surface area contributed by atoms with E-state index in [-0.39, 0.29) is 28.9 Å². The first kappa shape index (κ1) is 22.4. The van der Waals surface area contributed by atoms with Crippen molar-refractivity contribution < 1.29 is 19.0 Å². The number of fused-ring (bicyclic) bond motifs is 1. The quantitative estimate of drug-likeness (QED) is 0.256. The number of anilines is 1. The lowest BCUT2D eigenvalue weighted by atomic mass is 10.00. The number of aromatic nitrogens is 4. The maximum Gasteiger partial charge on any atom is 0.359 e. The summed E-state index contributed by atoms with van der Waals surface area (Å²) in [6.45, 7) is 10.0. The third-order valence-electron chi connectivity index (χ3n) is 5.60. The molecule has 29 heavy (non-hydrogen) atoms. The Kier molecular flexibility index (Phi) is 6.28. The van der Waals surface area contributed by atoms with E-state index in [1.165, 1.54) is 0 Å². The van der Waals surface area contributed by atoms with Crippen molar-refractivity contribution in [3.63, 3.8) is 0 Å². The van der Waals surface area contributed by atoms with Crippen molar-refractivity contribution in [2.45, 2.75) is 65.3 Å². The van der Waals surface area contributed by atoms with E-state index >= 15 is 0 Å². The molecule has 3 rings (SSSR count). The summed E-state index contributed by atoms with van der Waals surface area (Å²) in [6.07, 6.45) is 3.14. The molecule has 0 aromatic carbocycles. The van der Waals surface area contributed by atoms with Gasteiger partial charge in [0.15, 0.2) is 10.8 Å². The van der Waals surface area contributed by atoms with Gasteiger partial charge in [0, 0.05) is 0 Å². The summed E-state index contributed by atoms with van der Waals surface area (Å²) in [4.78, 5) is 28.7. The summed E-state index contributed by atoms with van der Waals surface area (Å²) < 4.78 is 19.9. The van der Waals surface area contributed by atoms with E-state index in [1.54, 1.807) is 10.9 Å². The first-order valence-electron chi connectivity index (χ1n) is 9.84. The SMILES string of the molecule is CC[C@@H]1C[C@@]1(Cn1cnc2c(Cl)nc(N)nc21)OOP(=O)(O)C(C(C)C)C(C)C. The van der Waals surface area contributed by atoms with E-state index in [2.05, 4.69) is 15.0 Å². The van der Waals surface area contributed by atoms with Gasteiger partial charge in [0.2, 0.25) is 5.95 Å². The van der Waals surface area contributed by atoms with Crippen LogP contribution >= 0.6 is 19.2 Å². The standard InChI is InChI=1S/C18H29ClN5O4P/c1-6-12-7-18(12,27-28-29(25,26)14(10(2)3)11(4)5)8-24-9-21-13-15(19)22-17(20)23-16(13)24/h9-12,14H,6-8H2,1-5H3,(H,25,26)(H2,20,22,23)/t12-,18+/m1/s1. The Labute approximate surface area is 175 Å². The smallest absolute Gasteiger partial charge is 0.359 e. The average Bonchev–Trinajstić information content (AvgIpc) is 3.15. The molecular formula is C18H29ClN5O4P. The van der Waals surface area contributed by atoms with Crippen molar-refractivity contribution in [3.8, 4) is 0 Å². The van der Waals surface area contributed by atoms with E-state index < -0.39 is 18.9 Å². The van der Waals surface area contributed by atoms with E-state index in [0.29, 0.717) is 24.1 Å². The van der Waals surface area contributed by atoms with Gasteiger partial charge in [-0.15, -0.1) is 4.67 Å². The molecule has 1 fully saturated rings. The molecule has 0 amide bonds. The molecule has 2 aromatic heterocycles. The van der Waals surface area contributed by atoms with Crippen LogP contribution in [0.15, 0.2) is 6.33 Å². The highest BCUT2D eigenvalue weighted by molar-refractivity contribution is 7.53. The topological polar surface area (TPSA) is 125 Å². The molecule has 2 aromatic rings. The molecule has 0 spiro atoms. The summed E-state index contributed by atoms with van der Waals surface area (Å²) in [5, 5.41) is 0.178. The third-order valence-corrected chi connectivity index (χ3v) is 8.10. The number of hydrogen-bond donors (Lipinski definition) is 2. The van der Waals surface area contributed by atoms with E-state index in [0.717, 1.165) is 6.42 Å². The first-order valence-corrected chi connectivity index (χ1v) is 11.9. The van der Waals surface area contributed by atoms with Gasteiger partial charge in [-0.05, 0) is 24.2 Å². The van der Waals surface area contributed by atoms with Crippen LogP contribution in [0.3, 0.4) is 0 Å². The molecule has 0 saturated heterocycles. The van der Waals surface area contributed by atoms with Crippen LogP contribution in [0.25, 0.3) is 11.2 Å². The molecule has 3 N–H and O–H groups in total. The summed E-state index contributed by atoms with van der Waals surface area (Å²) in [7, 11) is -3.98. The molecule has 11 heteroatoms. The van der Waals surface area contributed by atoms with Gasteiger partial charge in [-0.1, -0.05) is 52.6 Å². The van der Waals surface area contributed by atoms with Gasteiger partial charge in [0.25, 0.3) is 0 Å². The second-order valence-electron chi connectivity index (χ2n) is 8.49. The molecule has 2 heterocycles. The van der Waals surface area contributed by atoms with Crippen molar-refractivity contribution in [1.82, 2.24) is 19.5 Å². The molecule has 1 saturated carbocycles. The number of nitrogen functional groups attached to an aromatic ring is 1. The highest BCUT2D eigenvalue weighted by atomic mass is 35.5. The number of nitrogens with two attached hydrogens (primary N) is 1. The van der Waals surface area contributed by atoms with Gasteiger partial charge >= 0.3 is 7.60 Å². The molecular weight excluding hydrogens is 417 g/mol. The molecule has 162 valence electrons. The number of halogens is 1. The van der Waals surface area contributed by atoms with Crippen LogP contribution in [-0.4, -0.2) is 35.7 Å². The lowest BCUT2D eigenvalue weighted by molar-refractivity contribution is -0.272. The molecule has 1 aliphatic rings. The average molecular weight is 446 g/mol. The Morgan fingerprint density at radius 3 is 2.59 bits per heavy atom. The van der Waals surface area contributed by atoms with E-state index in [1.807, 2.05) is 34.6 Å². The van der Waals surface area contributed by atoms with Crippen LogP contribution in [0.2, 0.25) is 5.15 Å². The largest absolute Gasteiger partial charge is 0.368 e. The predicted molar refractivity (Wildman–Crippen MR) is 111 cm³/mol. The Hall–Kier alpha value is -1.25. The van der Waals surface area contributed by atoms with Crippen molar-refractivity contribution in [1.29, 1.82) is 0 Å². The van der Waals surface area contributed by atoms with Crippen LogP contribution in [0.1, 0.15) is 47.5 Å². The van der Waals surface area contributed by atoms with Crippen LogP contribution in [0.5, 0.6) is 0 Å². The zero-order chi connectivity index (χ0) is 21.6. The maximum atomic E-state index is 12.9. The Morgan fingerprint density at radius 2 is 2.03 bits per heavy atom. The molecule has 1 unspecified atom stereocenters. The number of hydrogen-bond acceptors (Lipinski definition) is 7. The fourth-order valence-corrected chi connectivity index (χ4v) is 6.31. The Morgan fingerprint density at radius 1 is 1.38 bits per heavy atom. The predicted octanol–water partition coefficient (Wildman–Crippen LogP) is 4.04. The zero-order valence-electron chi connectivity index (χ0n) is 17.4. The summed E-state index contributed by atoms with van der Waals surface area (Å²) in [5.41, 5.74) is 5.40. The molecule has 1 aliphatic carbocycles. The number of nitrogens with zero attached hydrogens (tertiary/aromatic N) is 4. The van der Waals surface area contributed by atoms with E-state index in [9.17, 15) is 9.46 Å². The zero-order valence-corrected chi connectivity index (χ0v) is 19.0. The highest BCUT2D eigenvalue weighted by Gasteiger charge is 2.58. The summed E-state index contributed by atoms with van der Waals surface area (Å²) in [5.74, 6) is 0.193. The van der Waals surface area contributed by atoms with Gasteiger partial charge < -0.3 is 15.2 Å². The fourth-order valence-electron chi connectivity index (χ4n) is 4.23. The third kappa shape index (κ3) is 4.44. The number of rotatable bonds is 9. The molecule has 0 aliphatic heterocycles. The van der Waals surface area contributed by atoms with Crippen molar-refractivity contribution in [2.75, 3.05) is 5.73 Å². The van der Waals surface area contributed by atoms with Crippen molar-refractivity contribution in [2.24, 2.45) is 17.8 Å². The highest BCUT2D eigenvalue weighted by Crippen LogP contribution is 2.58. The van der Waals surface area contributed by atoms with E-state index in [4.69, 9.17) is 26.9 Å². The minimum absolute atomic E-state index is 0.0223. The number of imidazole rings is 1. The minimum Gasteiger partial charge on any atom is -0.368 e. The van der Waals surface area contributed by atoms with Gasteiger partial charge in [0.1, 0.15) is 11.1 Å². The van der Waals surface area contributed by atoms with Gasteiger partial charge in [-0.2, -0.15) is 9.97 Å². The van der Waals surface area contributed by atoms with Gasteiger partial charge in [-0.25, -0.2) is 9.87 Å². The van der Waals surface area contributed by atoms with Crippen LogP contribution in [0, 0.1) is 17.8 Å². The lowest BCUT2D eigenvalue weighted by Gasteiger charge is -2.29. The van der Waals surface area contributed by atoms with Gasteiger partial charge in [0.05, 0.1) is 18.5 Å². The fraction of sp³-hybridized carbons (Fsp3) is 0.722. The van der Waals surface area contributed by atoms with Crippen LogP contribution in [-0.2, 0) is 20.7 Å². The van der Waals surface area contributed by atoms with Crippen LogP contribution < -0.4 is 5.73 Å². The van der Waals surface area contributed by atoms with Crippen molar-refractivity contribution in [3.05, 3.63) is 11.5 Å². The summed E-state index contributed by atoms with van der Waals surface area (Å²) in [6, 6.07) is 0. The molecule has 0 radical (unpaired) electrons. The monoisotopic (exact) mass is 445 g/mol.